The summed E-state index contributed by atoms with van der Waals surface area (Å²) in [5, 5.41) is 9.08. The van der Waals surface area contributed by atoms with Crippen LogP contribution >= 0.6 is 0 Å². The monoisotopic (exact) mass is 270 g/mol. The van der Waals surface area contributed by atoms with Gasteiger partial charge < -0.3 is 5.11 Å². The van der Waals surface area contributed by atoms with E-state index in [9.17, 15) is 18.0 Å². The van der Waals surface area contributed by atoms with E-state index in [1.807, 2.05) is 0 Å². The summed E-state index contributed by atoms with van der Waals surface area (Å²) in [7, 11) is 0. The first kappa shape index (κ1) is 13.3. The maximum absolute atomic E-state index is 12.9. The number of rotatable bonds is 2. The molecule has 7 heteroatoms. The van der Waals surface area contributed by atoms with Crippen LogP contribution in [0.5, 0.6) is 0 Å². The van der Waals surface area contributed by atoms with Crippen molar-refractivity contribution < 1.29 is 23.1 Å². The molecule has 1 aromatic heterocycles. The Balaban J connectivity index is 2.87. The SMILES string of the molecule is CCc1nc(C(=O)O)nc2c(C(F)(F)F)cccc12. The number of aryl methyl sites for hydroxylation is 1. The molecule has 19 heavy (non-hydrogen) atoms. The summed E-state index contributed by atoms with van der Waals surface area (Å²) >= 11 is 0. The first-order chi connectivity index (χ1) is 8.84. The Morgan fingerprint density at radius 1 is 1.32 bits per heavy atom. The molecular weight excluding hydrogens is 261 g/mol. The van der Waals surface area contributed by atoms with Gasteiger partial charge in [0, 0.05) is 5.39 Å². The van der Waals surface area contributed by atoms with Crippen LogP contribution in [0, 0.1) is 0 Å². The van der Waals surface area contributed by atoms with Gasteiger partial charge in [-0.3, -0.25) is 0 Å². The summed E-state index contributed by atoms with van der Waals surface area (Å²) in [6, 6.07) is 3.59. The summed E-state index contributed by atoms with van der Waals surface area (Å²) in [5.41, 5.74) is -1.04. The molecule has 1 aromatic carbocycles. The van der Waals surface area contributed by atoms with Gasteiger partial charge in [-0.2, -0.15) is 13.2 Å². The van der Waals surface area contributed by atoms with Crippen LogP contribution in [0.25, 0.3) is 10.9 Å². The average Bonchev–Trinajstić information content (AvgIpc) is 2.35. The van der Waals surface area contributed by atoms with Crippen molar-refractivity contribution in [2.75, 3.05) is 0 Å². The third-order valence-corrected chi connectivity index (χ3v) is 2.64. The molecule has 0 saturated carbocycles. The van der Waals surface area contributed by atoms with Crippen LogP contribution in [0.1, 0.15) is 28.8 Å². The van der Waals surface area contributed by atoms with Gasteiger partial charge in [0.05, 0.1) is 16.8 Å². The zero-order chi connectivity index (χ0) is 14.2. The normalized spacial score (nSPS) is 11.8. The number of benzene rings is 1. The van der Waals surface area contributed by atoms with Crippen molar-refractivity contribution in [1.29, 1.82) is 0 Å². The maximum atomic E-state index is 12.9. The number of halogens is 3. The second kappa shape index (κ2) is 4.49. The number of carboxylic acid groups (broad SMARTS) is 1. The molecule has 0 amide bonds. The summed E-state index contributed by atoms with van der Waals surface area (Å²) < 4.78 is 38.6. The maximum Gasteiger partial charge on any atom is 0.418 e. The van der Waals surface area contributed by atoms with E-state index < -0.39 is 23.5 Å². The van der Waals surface area contributed by atoms with Gasteiger partial charge in [-0.1, -0.05) is 19.1 Å². The summed E-state index contributed by atoms with van der Waals surface area (Å²) in [4.78, 5) is 18.2. The number of para-hydroxylation sites is 1. The van der Waals surface area contributed by atoms with Crippen LogP contribution in [0.2, 0.25) is 0 Å². The van der Waals surface area contributed by atoms with Crippen LogP contribution in [-0.4, -0.2) is 21.0 Å². The number of carbonyl (C=O) groups is 1. The summed E-state index contributed by atoms with van der Waals surface area (Å²) in [5.74, 6) is -2.07. The van der Waals surface area contributed by atoms with E-state index in [2.05, 4.69) is 9.97 Å². The molecular formula is C12H9F3N2O2. The van der Waals surface area contributed by atoms with Crippen LogP contribution in [-0.2, 0) is 12.6 Å². The molecule has 0 aliphatic rings. The van der Waals surface area contributed by atoms with Crippen LogP contribution < -0.4 is 0 Å². The van der Waals surface area contributed by atoms with E-state index in [0.29, 0.717) is 6.42 Å². The first-order valence-electron chi connectivity index (χ1n) is 5.44. The number of fused-ring (bicyclic) bond motifs is 1. The molecule has 0 saturated heterocycles. The van der Waals surface area contributed by atoms with Gasteiger partial charge in [-0.05, 0) is 12.5 Å². The minimum atomic E-state index is -4.59. The van der Waals surface area contributed by atoms with Crippen molar-refractivity contribution in [1.82, 2.24) is 9.97 Å². The van der Waals surface area contributed by atoms with Crippen LogP contribution in [0.15, 0.2) is 18.2 Å². The third-order valence-electron chi connectivity index (χ3n) is 2.64. The molecule has 2 aromatic rings. The Bertz CT molecular complexity index is 653. The fraction of sp³-hybridized carbons (Fsp3) is 0.250. The van der Waals surface area contributed by atoms with Crippen molar-refractivity contribution in [3.05, 3.63) is 35.3 Å². The highest BCUT2D eigenvalue weighted by atomic mass is 19.4. The van der Waals surface area contributed by atoms with Gasteiger partial charge in [0.15, 0.2) is 0 Å². The minimum absolute atomic E-state index is 0.224. The van der Waals surface area contributed by atoms with E-state index in [4.69, 9.17) is 5.11 Å². The molecule has 4 nitrogen and oxygen atoms in total. The van der Waals surface area contributed by atoms with Gasteiger partial charge in [-0.15, -0.1) is 0 Å². The van der Waals surface area contributed by atoms with Crippen molar-refractivity contribution in [3.63, 3.8) is 0 Å². The third kappa shape index (κ3) is 2.35. The standard InChI is InChI=1S/C12H9F3N2O2/c1-2-8-6-4-3-5-7(12(13,14)15)9(6)17-10(16-8)11(18)19/h3-5H,2H2,1H3,(H,18,19). The van der Waals surface area contributed by atoms with Crippen LogP contribution in [0.4, 0.5) is 13.2 Å². The second-order valence-electron chi connectivity index (χ2n) is 3.85. The average molecular weight is 270 g/mol. The van der Waals surface area contributed by atoms with Crippen molar-refractivity contribution in [2.45, 2.75) is 19.5 Å². The lowest BCUT2D eigenvalue weighted by atomic mass is 10.1. The second-order valence-corrected chi connectivity index (χ2v) is 3.85. The molecule has 0 unspecified atom stereocenters. The zero-order valence-corrected chi connectivity index (χ0v) is 9.82. The molecule has 2 rings (SSSR count). The number of alkyl halides is 3. The Morgan fingerprint density at radius 2 is 2.00 bits per heavy atom. The molecule has 100 valence electrons. The van der Waals surface area contributed by atoms with Gasteiger partial charge in [0.2, 0.25) is 5.82 Å². The lowest BCUT2D eigenvalue weighted by molar-refractivity contribution is -0.136. The fourth-order valence-corrected chi connectivity index (χ4v) is 1.81. The molecule has 0 aliphatic heterocycles. The topological polar surface area (TPSA) is 63.1 Å². The Kier molecular flexibility index (Phi) is 3.13. The van der Waals surface area contributed by atoms with Crippen LogP contribution in [0.3, 0.4) is 0 Å². The first-order valence-corrected chi connectivity index (χ1v) is 5.44. The van der Waals surface area contributed by atoms with E-state index in [-0.39, 0.29) is 16.6 Å². The molecule has 0 bridgehead atoms. The zero-order valence-electron chi connectivity index (χ0n) is 9.82. The number of aromatic nitrogens is 2. The smallest absolute Gasteiger partial charge is 0.418 e. The van der Waals surface area contributed by atoms with Gasteiger partial charge in [-0.25, -0.2) is 14.8 Å². The minimum Gasteiger partial charge on any atom is -0.475 e. The van der Waals surface area contributed by atoms with Crippen molar-refractivity contribution >= 4 is 16.9 Å². The molecule has 0 fully saturated rings. The predicted octanol–water partition coefficient (Wildman–Crippen LogP) is 2.91. The van der Waals surface area contributed by atoms with Gasteiger partial charge >= 0.3 is 12.1 Å². The quantitative estimate of drug-likeness (QED) is 0.911. The molecule has 1 N–H and O–H groups in total. The highest BCUT2D eigenvalue weighted by molar-refractivity contribution is 5.90. The largest absolute Gasteiger partial charge is 0.475 e. The van der Waals surface area contributed by atoms with E-state index in [1.54, 1.807) is 6.92 Å². The summed E-state index contributed by atoms with van der Waals surface area (Å²) in [6.45, 7) is 1.69. The molecule has 0 atom stereocenters. The number of carboxylic acids is 1. The molecule has 0 radical (unpaired) electrons. The number of nitrogens with zero attached hydrogens (tertiary/aromatic N) is 2. The lowest BCUT2D eigenvalue weighted by Gasteiger charge is -2.11. The van der Waals surface area contributed by atoms with Gasteiger partial charge in [0.25, 0.3) is 0 Å². The Labute approximate surface area is 105 Å². The van der Waals surface area contributed by atoms with Gasteiger partial charge in [0.1, 0.15) is 0 Å². The van der Waals surface area contributed by atoms with E-state index in [1.165, 1.54) is 12.1 Å². The van der Waals surface area contributed by atoms with Crippen molar-refractivity contribution in [2.24, 2.45) is 0 Å². The number of aromatic carboxylic acids is 1. The Morgan fingerprint density at radius 3 is 2.53 bits per heavy atom. The number of hydrogen-bond donors (Lipinski definition) is 1. The highest BCUT2D eigenvalue weighted by Gasteiger charge is 2.34. The Hall–Kier alpha value is -2.18. The number of hydrogen-bond acceptors (Lipinski definition) is 3. The lowest BCUT2D eigenvalue weighted by Crippen LogP contribution is -2.12. The predicted molar refractivity (Wildman–Crippen MR) is 60.9 cm³/mol. The van der Waals surface area contributed by atoms with E-state index in [0.717, 1.165) is 6.07 Å². The fourth-order valence-electron chi connectivity index (χ4n) is 1.81. The highest BCUT2D eigenvalue weighted by Crippen LogP contribution is 2.34. The van der Waals surface area contributed by atoms with E-state index >= 15 is 0 Å². The molecule has 0 aliphatic carbocycles. The molecule has 1 heterocycles. The van der Waals surface area contributed by atoms with Crippen molar-refractivity contribution in [3.8, 4) is 0 Å². The summed E-state index contributed by atoms with van der Waals surface area (Å²) in [6.07, 6.45) is -4.27. The molecule has 0 spiro atoms.